The van der Waals surface area contributed by atoms with E-state index in [-0.39, 0.29) is 13.0 Å². The lowest BCUT2D eigenvalue weighted by molar-refractivity contribution is 0.271. The summed E-state index contributed by atoms with van der Waals surface area (Å²) < 4.78 is 14.8. The highest BCUT2D eigenvalue weighted by Gasteiger charge is 2.59. The van der Waals surface area contributed by atoms with Crippen molar-refractivity contribution in [3.63, 3.8) is 0 Å². The molecule has 2 saturated carbocycles. The summed E-state index contributed by atoms with van der Waals surface area (Å²) in [6, 6.07) is 3.31. The molecule has 0 radical (unpaired) electrons. The predicted molar refractivity (Wildman–Crippen MR) is 80.4 cm³/mol. The van der Waals surface area contributed by atoms with E-state index in [0.29, 0.717) is 22.6 Å². The van der Waals surface area contributed by atoms with Crippen LogP contribution in [0.15, 0.2) is 28.3 Å². The predicted octanol–water partition coefficient (Wildman–Crippen LogP) is 2.02. The van der Waals surface area contributed by atoms with Crippen molar-refractivity contribution in [1.29, 1.82) is 0 Å². The van der Waals surface area contributed by atoms with E-state index in [9.17, 15) is 9.00 Å². The number of nitrogens with zero attached hydrogens (tertiary/aromatic N) is 3. The summed E-state index contributed by atoms with van der Waals surface area (Å²) >= 11 is 0. The van der Waals surface area contributed by atoms with Crippen LogP contribution in [0.5, 0.6) is 0 Å². The first-order valence-corrected chi connectivity index (χ1v) is 8.16. The van der Waals surface area contributed by atoms with Gasteiger partial charge in [-0.3, -0.25) is 9.36 Å². The molecule has 0 amide bonds. The molecule has 4 atom stereocenters. The molecular formula is C15H17N3O2S. The van der Waals surface area contributed by atoms with Gasteiger partial charge in [-0.25, -0.2) is 14.2 Å². The summed E-state index contributed by atoms with van der Waals surface area (Å²) in [7, 11) is -1.32. The Morgan fingerprint density at radius 3 is 2.90 bits per heavy atom. The lowest BCUT2D eigenvalue weighted by Gasteiger charge is -2.40. The highest BCUT2D eigenvalue weighted by molar-refractivity contribution is 7.85. The van der Waals surface area contributed by atoms with Gasteiger partial charge in [-0.1, -0.05) is 7.43 Å². The zero-order valence-electron chi connectivity index (χ0n) is 10.8. The first-order chi connectivity index (χ1) is 9.70. The highest BCUT2D eigenvalue weighted by Crippen LogP contribution is 2.57. The molecule has 0 N–H and O–H groups in total. The fourth-order valence-corrected chi connectivity index (χ4v) is 6.33. The first kappa shape index (κ1) is 13.1. The molecule has 0 aromatic carbocycles. The van der Waals surface area contributed by atoms with E-state index in [1.807, 2.05) is 0 Å². The van der Waals surface area contributed by atoms with Gasteiger partial charge in [0.2, 0.25) is 5.16 Å². The maximum atomic E-state index is 13.0. The van der Waals surface area contributed by atoms with E-state index in [4.69, 9.17) is 0 Å². The standard InChI is InChI=1S/C14H13N3O2S.CH4/c18-11-4-2-9-7-15-13-16-12(9)17(11)14(20(13)19)6-8-1-3-10(14)5-8;/h2,4,7-8,10H,1,3,5-6H2;1H4. The minimum Gasteiger partial charge on any atom is -0.274 e. The molecule has 2 aliphatic carbocycles. The van der Waals surface area contributed by atoms with Gasteiger partial charge in [-0.2, -0.15) is 0 Å². The van der Waals surface area contributed by atoms with E-state index in [0.717, 1.165) is 24.6 Å². The molecule has 21 heavy (non-hydrogen) atoms. The Labute approximate surface area is 124 Å². The molecule has 1 aliphatic heterocycles. The van der Waals surface area contributed by atoms with Gasteiger partial charge in [0.05, 0.1) is 0 Å². The maximum absolute atomic E-state index is 13.0. The Hall–Kier alpha value is -1.56. The number of rotatable bonds is 0. The average Bonchev–Trinajstić information content (AvgIpc) is 3.06. The molecule has 5 nitrogen and oxygen atoms in total. The maximum Gasteiger partial charge on any atom is 0.253 e. The van der Waals surface area contributed by atoms with Crippen LogP contribution in [-0.2, 0) is 15.7 Å². The van der Waals surface area contributed by atoms with Gasteiger partial charge in [-0.05, 0) is 43.6 Å². The fourth-order valence-electron chi connectivity index (χ4n) is 4.45. The Morgan fingerprint density at radius 2 is 2.19 bits per heavy atom. The molecule has 4 unspecified atom stereocenters. The molecule has 2 fully saturated rings. The second-order valence-corrected chi connectivity index (χ2v) is 7.74. The summed E-state index contributed by atoms with van der Waals surface area (Å²) in [4.78, 5) is 20.5. The molecule has 2 aromatic heterocycles. The van der Waals surface area contributed by atoms with Crippen LogP contribution in [0.1, 0.15) is 33.1 Å². The monoisotopic (exact) mass is 303 g/mol. The summed E-state index contributed by atoms with van der Waals surface area (Å²) in [6.07, 6.45) is 5.84. The Kier molecular flexibility index (Phi) is 2.50. The molecule has 3 heterocycles. The summed E-state index contributed by atoms with van der Waals surface area (Å²) in [5, 5.41) is 1.25. The molecule has 6 heteroatoms. The van der Waals surface area contributed by atoms with E-state index < -0.39 is 15.7 Å². The van der Waals surface area contributed by atoms with Gasteiger partial charge in [-0.15, -0.1) is 0 Å². The molecule has 110 valence electrons. The van der Waals surface area contributed by atoms with Gasteiger partial charge in [0.25, 0.3) is 5.56 Å². The first-order valence-electron chi connectivity index (χ1n) is 7.01. The second kappa shape index (κ2) is 4.00. The van der Waals surface area contributed by atoms with Gasteiger partial charge in [0.15, 0.2) is 0 Å². The van der Waals surface area contributed by atoms with Crippen LogP contribution in [0.3, 0.4) is 0 Å². The number of aromatic nitrogens is 3. The lowest BCUT2D eigenvalue weighted by atomic mass is 9.94. The SMILES string of the molecule is C.O=c1ccc2cnc3nc2n1C1(CC2CCC1C2)S3=O. The van der Waals surface area contributed by atoms with Gasteiger partial charge in [0.1, 0.15) is 21.3 Å². The molecule has 4 bridgehead atoms. The van der Waals surface area contributed by atoms with E-state index in [2.05, 4.69) is 9.97 Å². The minimum atomic E-state index is -1.32. The lowest BCUT2D eigenvalue weighted by Crippen LogP contribution is -2.50. The van der Waals surface area contributed by atoms with Crippen molar-refractivity contribution in [3.8, 4) is 0 Å². The highest BCUT2D eigenvalue weighted by atomic mass is 32.2. The second-order valence-electron chi connectivity index (χ2n) is 6.13. The smallest absolute Gasteiger partial charge is 0.253 e. The van der Waals surface area contributed by atoms with Crippen molar-refractivity contribution >= 4 is 21.8 Å². The zero-order valence-corrected chi connectivity index (χ0v) is 11.6. The van der Waals surface area contributed by atoms with Crippen LogP contribution < -0.4 is 5.56 Å². The molecule has 0 saturated heterocycles. The van der Waals surface area contributed by atoms with Gasteiger partial charge in [0, 0.05) is 17.6 Å². The zero-order chi connectivity index (χ0) is 13.5. The van der Waals surface area contributed by atoms with E-state index >= 15 is 0 Å². The van der Waals surface area contributed by atoms with E-state index in [1.165, 1.54) is 6.42 Å². The number of hydrogen-bond donors (Lipinski definition) is 0. The van der Waals surface area contributed by atoms with Crippen LogP contribution in [-0.4, -0.2) is 18.7 Å². The Bertz CT molecular complexity index is 846. The molecule has 1 spiro atoms. The van der Waals surface area contributed by atoms with Crippen molar-refractivity contribution in [2.75, 3.05) is 0 Å². The molecule has 5 rings (SSSR count). The quantitative estimate of drug-likeness (QED) is 0.698. The number of pyridine rings is 1. The normalized spacial score (nSPS) is 35.5. The summed E-state index contributed by atoms with van der Waals surface area (Å²) in [5.41, 5.74) is 0.581. The molecule has 2 aromatic rings. The van der Waals surface area contributed by atoms with Crippen molar-refractivity contribution < 1.29 is 4.21 Å². The van der Waals surface area contributed by atoms with Crippen LogP contribution in [0.25, 0.3) is 11.0 Å². The Balaban J connectivity index is 0.00000115. The van der Waals surface area contributed by atoms with Crippen LogP contribution >= 0.6 is 0 Å². The van der Waals surface area contributed by atoms with E-state index in [1.54, 1.807) is 22.9 Å². The van der Waals surface area contributed by atoms with Crippen molar-refractivity contribution in [1.82, 2.24) is 14.5 Å². The summed E-state index contributed by atoms with van der Waals surface area (Å²) in [6.45, 7) is 0. The molecular weight excluding hydrogens is 286 g/mol. The summed E-state index contributed by atoms with van der Waals surface area (Å²) in [5.74, 6) is 0.911. The third-order valence-corrected chi connectivity index (χ3v) is 7.09. The molecule has 3 aliphatic rings. The third kappa shape index (κ3) is 1.36. The van der Waals surface area contributed by atoms with Crippen molar-refractivity contribution in [2.24, 2.45) is 11.8 Å². The van der Waals surface area contributed by atoms with Crippen molar-refractivity contribution in [3.05, 3.63) is 28.7 Å². The largest absolute Gasteiger partial charge is 0.274 e. The van der Waals surface area contributed by atoms with Gasteiger partial charge >= 0.3 is 0 Å². The third-order valence-electron chi connectivity index (χ3n) is 5.24. The fraction of sp³-hybridized carbons (Fsp3) is 0.533. The topological polar surface area (TPSA) is 64.8 Å². The van der Waals surface area contributed by atoms with Crippen molar-refractivity contribution in [2.45, 2.75) is 43.1 Å². The number of hydrogen-bond acceptors (Lipinski definition) is 4. The Morgan fingerprint density at radius 1 is 1.33 bits per heavy atom. The van der Waals surface area contributed by atoms with Crippen LogP contribution in [0, 0.1) is 11.8 Å². The van der Waals surface area contributed by atoms with Gasteiger partial charge < -0.3 is 0 Å². The average molecular weight is 303 g/mol. The number of fused-ring (bicyclic) bond motifs is 5. The minimum absolute atomic E-state index is 0. The van der Waals surface area contributed by atoms with Crippen LogP contribution in [0.4, 0.5) is 0 Å². The van der Waals surface area contributed by atoms with Crippen LogP contribution in [0.2, 0.25) is 0 Å².